The van der Waals surface area contributed by atoms with E-state index < -0.39 is 27.6 Å². The van der Waals surface area contributed by atoms with Crippen LogP contribution in [0.3, 0.4) is 0 Å². The molecule has 2 aromatic rings. The summed E-state index contributed by atoms with van der Waals surface area (Å²) in [5, 5.41) is 19.5. The third-order valence-electron chi connectivity index (χ3n) is 3.66. The topological polar surface area (TPSA) is 124 Å². The molecular weight excluding hydrogens is 324 g/mol. The zero-order valence-corrected chi connectivity index (χ0v) is 13.0. The summed E-state index contributed by atoms with van der Waals surface area (Å²) in [6.45, 7) is 0.548. The second-order valence-electron chi connectivity index (χ2n) is 5.09. The lowest BCUT2D eigenvalue weighted by Gasteiger charge is -2.33. The molecule has 0 aliphatic carbocycles. The molecule has 122 valence electrons. The molecule has 0 aromatic carbocycles. The van der Waals surface area contributed by atoms with Gasteiger partial charge in [-0.2, -0.15) is 12.7 Å². The Balaban J connectivity index is 2.33. The number of carboxylic acid groups (broad SMARTS) is 1. The largest absolute Gasteiger partial charge is 0.504 e. The maximum absolute atomic E-state index is 12.5. The van der Waals surface area contributed by atoms with E-state index in [-0.39, 0.29) is 23.3 Å². The molecule has 0 unspecified atom stereocenters. The van der Waals surface area contributed by atoms with Crippen LogP contribution in [0.25, 0.3) is 10.9 Å². The van der Waals surface area contributed by atoms with Crippen molar-refractivity contribution in [3.05, 3.63) is 24.0 Å². The van der Waals surface area contributed by atoms with Crippen LogP contribution in [0.2, 0.25) is 0 Å². The molecule has 9 nitrogen and oxygen atoms in total. The van der Waals surface area contributed by atoms with Crippen LogP contribution in [0.1, 0.15) is 16.9 Å². The van der Waals surface area contributed by atoms with Gasteiger partial charge in [-0.05, 0) is 18.6 Å². The highest BCUT2D eigenvalue weighted by atomic mass is 32.2. The molecule has 3 heterocycles. The van der Waals surface area contributed by atoms with E-state index in [0.29, 0.717) is 13.0 Å². The normalized spacial score (nSPS) is 18.2. The highest BCUT2D eigenvalue weighted by molar-refractivity contribution is 7.90. The number of hydrogen-bond donors (Lipinski definition) is 2. The highest BCUT2D eigenvalue weighted by Crippen LogP contribution is 2.34. The molecule has 0 radical (unpaired) electrons. The molecule has 1 aliphatic rings. The number of nitrogens with zero attached hydrogens (tertiary/aromatic N) is 4. The fourth-order valence-electron chi connectivity index (χ4n) is 2.50. The first-order chi connectivity index (χ1) is 10.8. The predicted molar refractivity (Wildman–Crippen MR) is 81.7 cm³/mol. The molecule has 0 bridgehead atoms. The summed E-state index contributed by atoms with van der Waals surface area (Å²) in [6, 6.07) is 3.10. The molecule has 0 spiro atoms. The van der Waals surface area contributed by atoms with Crippen molar-refractivity contribution in [3.63, 3.8) is 0 Å². The van der Waals surface area contributed by atoms with Gasteiger partial charge in [-0.1, -0.05) is 0 Å². The Morgan fingerprint density at radius 3 is 2.78 bits per heavy atom. The summed E-state index contributed by atoms with van der Waals surface area (Å²) in [6.07, 6.45) is 1.96. The summed E-state index contributed by atoms with van der Waals surface area (Å²) in [5.41, 5.74) is -0.632. The van der Waals surface area contributed by atoms with Crippen molar-refractivity contribution >= 4 is 32.9 Å². The lowest BCUT2D eigenvalue weighted by molar-refractivity contribution is 0.0687. The first-order valence-electron chi connectivity index (χ1n) is 6.79. The number of aromatic hydroxyl groups is 1. The molecule has 2 aromatic heterocycles. The molecule has 0 amide bonds. The summed E-state index contributed by atoms with van der Waals surface area (Å²) >= 11 is 0. The van der Waals surface area contributed by atoms with E-state index in [9.17, 15) is 23.4 Å². The highest BCUT2D eigenvalue weighted by Gasteiger charge is 2.34. The lowest BCUT2D eigenvalue weighted by Crippen LogP contribution is -2.48. The fourth-order valence-corrected chi connectivity index (χ4v) is 3.91. The van der Waals surface area contributed by atoms with Gasteiger partial charge in [-0.3, -0.25) is 4.98 Å². The van der Waals surface area contributed by atoms with Gasteiger partial charge in [-0.25, -0.2) is 14.1 Å². The Bertz CT molecular complexity index is 899. The molecule has 1 saturated heterocycles. The third kappa shape index (κ3) is 2.35. The minimum Gasteiger partial charge on any atom is -0.504 e. The molecule has 1 fully saturated rings. The van der Waals surface area contributed by atoms with Crippen molar-refractivity contribution in [2.45, 2.75) is 6.42 Å². The number of aromatic carboxylic acids is 1. The third-order valence-corrected chi connectivity index (χ3v) is 5.54. The zero-order chi connectivity index (χ0) is 16.8. The predicted octanol–water partition coefficient (Wildman–Crippen LogP) is 0.420. The molecule has 3 rings (SSSR count). The van der Waals surface area contributed by atoms with E-state index in [0.717, 1.165) is 4.31 Å². The second-order valence-corrected chi connectivity index (χ2v) is 7.05. The number of anilines is 1. The van der Waals surface area contributed by atoms with Crippen molar-refractivity contribution < 1.29 is 23.4 Å². The molecule has 0 saturated carbocycles. The Morgan fingerprint density at radius 1 is 1.35 bits per heavy atom. The summed E-state index contributed by atoms with van der Waals surface area (Å²) in [4.78, 5) is 19.1. The van der Waals surface area contributed by atoms with Crippen LogP contribution < -0.4 is 4.31 Å². The number of carbonyl (C=O) groups is 1. The van der Waals surface area contributed by atoms with E-state index in [4.69, 9.17) is 0 Å². The van der Waals surface area contributed by atoms with Crippen LogP contribution in [0, 0.1) is 0 Å². The average molecular weight is 338 g/mol. The fraction of sp³-hybridized carbons (Fsp3) is 0.308. The van der Waals surface area contributed by atoms with E-state index in [1.54, 1.807) is 12.1 Å². The monoisotopic (exact) mass is 338 g/mol. The number of hydrogen-bond acceptors (Lipinski definition) is 6. The smallest absolute Gasteiger partial charge is 0.358 e. The molecule has 23 heavy (non-hydrogen) atoms. The summed E-state index contributed by atoms with van der Waals surface area (Å²) < 4.78 is 27.2. The van der Waals surface area contributed by atoms with Gasteiger partial charge in [-0.15, -0.1) is 0 Å². The number of fused-ring (bicyclic) bond motifs is 1. The summed E-state index contributed by atoms with van der Waals surface area (Å²) in [5.74, 6) is -2.09. The summed E-state index contributed by atoms with van der Waals surface area (Å²) in [7, 11) is -2.36. The van der Waals surface area contributed by atoms with Crippen LogP contribution in [0.5, 0.6) is 5.75 Å². The van der Waals surface area contributed by atoms with Gasteiger partial charge in [0.25, 0.3) is 0 Å². The molecular formula is C13H14N4O5S. The number of carboxylic acids is 1. The Morgan fingerprint density at radius 2 is 2.09 bits per heavy atom. The number of aromatic nitrogens is 2. The first-order valence-corrected chi connectivity index (χ1v) is 8.18. The average Bonchev–Trinajstić information content (AvgIpc) is 2.51. The van der Waals surface area contributed by atoms with Gasteiger partial charge in [0.1, 0.15) is 5.52 Å². The Kier molecular flexibility index (Phi) is 3.57. The van der Waals surface area contributed by atoms with Crippen molar-refractivity contribution in [2.75, 3.05) is 24.4 Å². The van der Waals surface area contributed by atoms with Gasteiger partial charge < -0.3 is 10.2 Å². The van der Waals surface area contributed by atoms with Crippen molar-refractivity contribution in [1.82, 2.24) is 14.3 Å². The van der Waals surface area contributed by atoms with Gasteiger partial charge in [0.2, 0.25) is 0 Å². The van der Waals surface area contributed by atoms with Gasteiger partial charge >= 0.3 is 16.2 Å². The van der Waals surface area contributed by atoms with E-state index in [2.05, 4.69) is 9.97 Å². The maximum Gasteiger partial charge on any atom is 0.358 e. The van der Waals surface area contributed by atoms with Crippen LogP contribution in [-0.4, -0.2) is 59.0 Å². The van der Waals surface area contributed by atoms with Crippen LogP contribution >= 0.6 is 0 Å². The van der Waals surface area contributed by atoms with Crippen molar-refractivity contribution in [2.24, 2.45) is 0 Å². The minimum absolute atomic E-state index is 0.00155. The van der Waals surface area contributed by atoms with E-state index in [1.165, 1.54) is 17.5 Å². The van der Waals surface area contributed by atoms with Gasteiger partial charge in [0.15, 0.2) is 17.3 Å². The van der Waals surface area contributed by atoms with Crippen LogP contribution in [0.4, 0.5) is 5.82 Å². The zero-order valence-electron chi connectivity index (χ0n) is 12.2. The van der Waals surface area contributed by atoms with Crippen molar-refractivity contribution in [1.29, 1.82) is 0 Å². The van der Waals surface area contributed by atoms with Crippen molar-refractivity contribution in [3.8, 4) is 5.75 Å². The molecule has 1 aliphatic heterocycles. The Labute approximate surface area is 132 Å². The number of pyridine rings is 2. The standard InChI is InChI=1S/C13H14N4O5S/c1-16-6-3-7-17(23(16,21)22)12-8-4-2-5-14-9(8)11(18)10(15-12)13(19)20/h2,4-5,18H,3,6-7H2,1H3,(H,19,20). The molecule has 10 heteroatoms. The quantitative estimate of drug-likeness (QED) is 0.813. The second kappa shape index (κ2) is 5.32. The maximum atomic E-state index is 12.5. The number of rotatable bonds is 2. The Hall–Kier alpha value is -2.46. The SMILES string of the molecule is CN1CCCN(c2nc(C(=O)O)c(O)c3ncccc23)S1(=O)=O. The molecule has 0 atom stereocenters. The minimum atomic E-state index is -3.80. The van der Waals surface area contributed by atoms with E-state index in [1.807, 2.05) is 0 Å². The molecule has 2 N–H and O–H groups in total. The lowest BCUT2D eigenvalue weighted by atomic mass is 10.2. The van der Waals surface area contributed by atoms with Crippen LogP contribution in [-0.2, 0) is 10.2 Å². The van der Waals surface area contributed by atoms with Crippen LogP contribution in [0.15, 0.2) is 18.3 Å². The first kappa shape index (κ1) is 15.4. The van der Waals surface area contributed by atoms with Gasteiger partial charge in [0.05, 0.1) is 0 Å². The van der Waals surface area contributed by atoms with Gasteiger partial charge in [0, 0.05) is 31.7 Å². The van der Waals surface area contributed by atoms with E-state index >= 15 is 0 Å².